The van der Waals surface area contributed by atoms with E-state index in [0.29, 0.717) is 35.7 Å². The van der Waals surface area contributed by atoms with Gasteiger partial charge in [0, 0.05) is 30.4 Å². The Morgan fingerprint density at radius 3 is 2.50 bits per heavy atom. The van der Waals surface area contributed by atoms with Gasteiger partial charge in [0.05, 0.1) is 12.8 Å². The minimum Gasteiger partial charge on any atom is -0.504 e. The van der Waals surface area contributed by atoms with Gasteiger partial charge in [-0.1, -0.05) is 12.5 Å². The highest BCUT2D eigenvalue weighted by Gasteiger charge is 2.26. The van der Waals surface area contributed by atoms with E-state index < -0.39 is 6.10 Å². The third kappa shape index (κ3) is 5.74. The third-order valence-electron chi connectivity index (χ3n) is 5.68. The number of aliphatic hydroxyl groups excluding tert-OH is 1. The van der Waals surface area contributed by atoms with Gasteiger partial charge in [0.2, 0.25) is 0 Å². The van der Waals surface area contributed by atoms with Gasteiger partial charge in [-0.3, -0.25) is 9.89 Å². The van der Waals surface area contributed by atoms with Gasteiger partial charge < -0.3 is 19.7 Å². The van der Waals surface area contributed by atoms with E-state index in [1.807, 2.05) is 24.3 Å². The highest BCUT2D eigenvalue weighted by Crippen LogP contribution is 2.29. The van der Waals surface area contributed by atoms with Crippen molar-refractivity contribution in [2.45, 2.75) is 51.3 Å². The monoisotopic (exact) mass is 412 g/mol. The number of benzene rings is 2. The largest absolute Gasteiger partial charge is 0.504 e. The minimum atomic E-state index is -0.526. The number of hydrogen-bond donors (Lipinski definition) is 2. The van der Waals surface area contributed by atoms with Crippen LogP contribution in [0.3, 0.4) is 0 Å². The minimum absolute atomic E-state index is 0.0648. The van der Waals surface area contributed by atoms with Crippen molar-refractivity contribution < 1.29 is 19.7 Å². The molecule has 0 radical (unpaired) electrons. The van der Waals surface area contributed by atoms with Gasteiger partial charge in [-0.15, -0.1) is 0 Å². The van der Waals surface area contributed by atoms with Crippen LogP contribution in [0.5, 0.6) is 17.2 Å². The summed E-state index contributed by atoms with van der Waals surface area (Å²) in [5.74, 6) is 1.17. The molecular weight excluding hydrogens is 380 g/mol. The quantitative estimate of drug-likeness (QED) is 0.637. The van der Waals surface area contributed by atoms with Gasteiger partial charge in [-0.2, -0.15) is 0 Å². The number of phenolic OH excluding ortho intramolecular Hbond substituents is 1. The zero-order valence-corrected chi connectivity index (χ0v) is 18.0. The van der Waals surface area contributed by atoms with Crippen LogP contribution in [-0.4, -0.2) is 59.8 Å². The number of hydrogen-bond acceptors (Lipinski definition) is 6. The lowest BCUT2D eigenvalue weighted by molar-refractivity contribution is 0.0209. The SMILES string of the molecule is COc1cccc(C=Nc2ccc(OCC(O)CN3C(C)CCCC3C)cc2)c1O. The molecule has 3 atom stereocenters. The van der Waals surface area contributed by atoms with E-state index in [-0.39, 0.29) is 12.4 Å². The van der Waals surface area contributed by atoms with Crippen molar-refractivity contribution in [2.24, 2.45) is 4.99 Å². The highest BCUT2D eigenvalue weighted by atomic mass is 16.5. The van der Waals surface area contributed by atoms with Gasteiger partial charge >= 0.3 is 0 Å². The molecule has 1 aliphatic heterocycles. The normalized spacial score (nSPS) is 20.9. The molecule has 0 amide bonds. The number of rotatable bonds is 8. The zero-order valence-electron chi connectivity index (χ0n) is 18.0. The summed E-state index contributed by atoms with van der Waals surface area (Å²) in [5, 5.41) is 20.5. The molecule has 1 saturated heterocycles. The van der Waals surface area contributed by atoms with Crippen molar-refractivity contribution in [3.05, 3.63) is 48.0 Å². The number of para-hydroxylation sites is 1. The van der Waals surface area contributed by atoms with Crippen LogP contribution in [0.25, 0.3) is 0 Å². The van der Waals surface area contributed by atoms with Crippen molar-refractivity contribution in [3.8, 4) is 17.2 Å². The first-order valence-electron chi connectivity index (χ1n) is 10.5. The average Bonchev–Trinajstić information content (AvgIpc) is 2.75. The molecule has 6 nitrogen and oxygen atoms in total. The second-order valence-corrected chi connectivity index (χ2v) is 7.94. The molecule has 6 heteroatoms. The van der Waals surface area contributed by atoms with E-state index in [2.05, 4.69) is 23.7 Å². The van der Waals surface area contributed by atoms with Crippen molar-refractivity contribution >= 4 is 11.9 Å². The molecule has 0 saturated carbocycles. The second kappa shape index (κ2) is 10.5. The number of piperidine rings is 1. The fourth-order valence-electron chi connectivity index (χ4n) is 3.90. The molecule has 2 N–H and O–H groups in total. The number of phenols is 1. The number of likely N-dealkylation sites (tertiary alicyclic amines) is 1. The molecule has 0 bridgehead atoms. The fourth-order valence-corrected chi connectivity index (χ4v) is 3.90. The van der Waals surface area contributed by atoms with Crippen LogP contribution < -0.4 is 9.47 Å². The van der Waals surface area contributed by atoms with Crippen molar-refractivity contribution in [2.75, 3.05) is 20.3 Å². The molecule has 30 heavy (non-hydrogen) atoms. The summed E-state index contributed by atoms with van der Waals surface area (Å²) < 4.78 is 10.9. The zero-order chi connectivity index (χ0) is 21.5. The Hall–Kier alpha value is -2.57. The maximum Gasteiger partial charge on any atom is 0.166 e. The number of aromatic hydroxyl groups is 1. The predicted octanol–water partition coefficient (Wildman–Crippen LogP) is 4.15. The number of ether oxygens (including phenoxy) is 2. The Morgan fingerprint density at radius 2 is 1.83 bits per heavy atom. The molecule has 3 unspecified atom stereocenters. The number of aliphatic imine (C=N–C) groups is 1. The Kier molecular flexibility index (Phi) is 7.71. The molecule has 1 aliphatic rings. The molecule has 2 aromatic rings. The first-order chi connectivity index (χ1) is 14.5. The predicted molar refractivity (Wildman–Crippen MR) is 119 cm³/mol. The summed E-state index contributed by atoms with van der Waals surface area (Å²) >= 11 is 0. The van der Waals surface area contributed by atoms with E-state index in [1.165, 1.54) is 26.4 Å². The van der Waals surface area contributed by atoms with Crippen LogP contribution in [0.1, 0.15) is 38.7 Å². The van der Waals surface area contributed by atoms with Crippen molar-refractivity contribution in [1.29, 1.82) is 0 Å². The maximum atomic E-state index is 10.4. The van der Waals surface area contributed by atoms with Crippen LogP contribution in [0.4, 0.5) is 5.69 Å². The number of methoxy groups -OCH3 is 1. The Morgan fingerprint density at radius 1 is 1.13 bits per heavy atom. The number of nitrogens with zero attached hydrogens (tertiary/aromatic N) is 2. The van der Waals surface area contributed by atoms with Gasteiger partial charge in [-0.05, 0) is 63.1 Å². The summed E-state index contributed by atoms with van der Waals surface area (Å²) in [6.07, 6.45) is 4.71. The molecule has 162 valence electrons. The van der Waals surface area contributed by atoms with Gasteiger partial charge in [0.1, 0.15) is 18.5 Å². The van der Waals surface area contributed by atoms with Crippen LogP contribution in [0.2, 0.25) is 0 Å². The van der Waals surface area contributed by atoms with E-state index in [1.54, 1.807) is 24.4 Å². The second-order valence-electron chi connectivity index (χ2n) is 7.94. The lowest BCUT2D eigenvalue weighted by Gasteiger charge is -2.40. The molecule has 3 rings (SSSR count). The summed E-state index contributed by atoms with van der Waals surface area (Å²) in [5.41, 5.74) is 1.32. The van der Waals surface area contributed by atoms with Crippen LogP contribution in [0, 0.1) is 0 Å². The van der Waals surface area contributed by atoms with Crippen LogP contribution in [-0.2, 0) is 0 Å². The fraction of sp³-hybridized carbons (Fsp3) is 0.458. The summed E-state index contributed by atoms with van der Waals surface area (Å²) in [4.78, 5) is 6.77. The lowest BCUT2D eigenvalue weighted by atomic mass is 9.97. The van der Waals surface area contributed by atoms with Crippen molar-refractivity contribution in [3.63, 3.8) is 0 Å². The summed E-state index contributed by atoms with van der Waals surface area (Å²) in [6.45, 7) is 5.35. The van der Waals surface area contributed by atoms with E-state index in [4.69, 9.17) is 9.47 Å². The smallest absolute Gasteiger partial charge is 0.166 e. The van der Waals surface area contributed by atoms with E-state index in [9.17, 15) is 10.2 Å². The standard InChI is InChI=1S/C24H32N2O4/c1-17-6-4-7-18(2)26(17)15-21(27)16-30-22-12-10-20(11-13-22)25-14-19-8-5-9-23(29-3)24(19)28/h5,8-14,17-18,21,27-28H,4,6-7,15-16H2,1-3H3. The summed E-state index contributed by atoms with van der Waals surface area (Å²) in [7, 11) is 1.51. The molecule has 0 aromatic heterocycles. The van der Waals surface area contributed by atoms with Gasteiger partial charge in [-0.25, -0.2) is 0 Å². The first kappa shape index (κ1) is 22.1. The average molecular weight is 413 g/mol. The molecular formula is C24H32N2O4. The van der Waals surface area contributed by atoms with E-state index in [0.717, 1.165) is 5.69 Å². The van der Waals surface area contributed by atoms with Gasteiger partial charge in [0.25, 0.3) is 0 Å². The Bertz CT molecular complexity index is 828. The summed E-state index contributed by atoms with van der Waals surface area (Å²) in [6, 6.07) is 13.6. The van der Waals surface area contributed by atoms with Crippen molar-refractivity contribution in [1.82, 2.24) is 4.90 Å². The molecule has 2 aromatic carbocycles. The number of aliphatic hydroxyl groups is 1. The van der Waals surface area contributed by atoms with E-state index >= 15 is 0 Å². The first-order valence-corrected chi connectivity index (χ1v) is 10.5. The number of β-amino-alcohol motifs (C(OH)–C–C–N with tert-alkyl or cyclic N) is 1. The topological polar surface area (TPSA) is 74.5 Å². The molecule has 1 heterocycles. The van der Waals surface area contributed by atoms with Crippen LogP contribution >= 0.6 is 0 Å². The van der Waals surface area contributed by atoms with Crippen LogP contribution in [0.15, 0.2) is 47.5 Å². The molecule has 1 fully saturated rings. The third-order valence-corrected chi connectivity index (χ3v) is 5.68. The molecule has 0 aliphatic carbocycles. The molecule has 0 spiro atoms. The van der Waals surface area contributed by atoms with Gasteiger partial charge in [0.15, 0.2) is 11.5 Å². The lowest BCUT2D eigenvalue weighted by Crippen LogP contribution is -2.48. The highest BCUT2D eigenvalue weighted by molar-refractivity contribution is 5.86. The Labute approximate surface area is 178 Å². The maximum absolute atomic E-state index is 10.4. The Balaban J connectivity index is 1.52.